The highest BCUT2D eigenvalue weighted by atomic mass is 16.8. The zero-order valence-corrected chi connectivity index (χ0v) is 18.2. The van der Waals surface area contributed by atoms with Crippen molar-refractivity contribution < 1.29 is 19.2 Å². The molecule has 1 aromatic carbocycles. The van der Waals surface area contributed by atoms with Crippen molar-refractivity contribution in [2.45, 2.75) is 39.0 Å². The van der Waals surface area contributed by atoms with Gasteiger partial charge < -0.3 is 15.0 Å². The maximum Gasteiger partial charge on any atom is 0.267 e. The van der Waals surface area contributed by atoms with E-state index in [1.807, 2.05) is 30.3 Å². The van der Waals surface area contributed by atoms with Gasteiger partial charge in [0.1, 0.15) is 5.82 Å². The fourth-order valence-corrected chi connectivity index (χ4v) is 3.11. The Morgan fingerprint density at radius 1 is 1.22 bits per heavy atom. The fourth-order valence-electron chi connectivity index (χ4n) is 3.11. The number of ether oxygens (including phenoxy) is 1. The Bertz CT molecular complexity index is 883. The van der Waals surface area contributed by atoms with E-state index in [4.69, 9.17) is 9.57 Å². The van der Waals surface area contributed by atoms with E-state index in [0.29, 0.717) is 37.8 Å². The van der Waals surface area contributed by atoms with Crippen molar-refractivity contribution in [3.63, 3.8) is 0 Å². The molecular weight excluding hydrogens is 410 g/mol. The van der Waals surface area contributed by atoms with Crippen LogP contribution in [0.3, 0.4) is 0 Å². The molecule has 2 amide bonds. The van der Waals surface area contributed by atoms with Crippen molar-refractivity contribution in [1.82, 2.24) is 20.3 Å². The molecule has 1 aliphatic heterocycles. The van der Waals surface area contributed by atoms with E-state index >= 15 is 0 Å². The van der Waals surface area contributed by atoms with Crippen LogP contribution in [0.4, 0.5) is 5.82 Å². The number of hydrogen-bond donors (Lipinski definition) is 2. The molecule has 1 aromatic heterocycles. The Labute approximate surface area is 187 Å². The van der Waals surface area contributed by atoms with E-state index in [2.05, 4.69) is 20.8 Å². The third-order valence-electron chi connectivity index (χ3n) is 4.86. The number of rotatable bonds is 10. The lowest BCUT2D eigenvalue weighted by molar-refractivity contribution is -0.198. The van der Waals surface area contributed by atoms with Gasteiger partial charge in [-0.2, -0.15) is 0 Å². The lowest BCUT2D eigenvalue weighted by atomic mass is 10.2. The molecule has 3 rings (SSSR count). The van der Waals surface area contributed by atoms with Crippen LogP contribution in [0.1, 0.15) is 37.4 Å². The standard InChI is InChI=1S/C23H29N5O4/c1-18(29)28(17-19-7-3-2-4-8-19)13-12-24-21-16-25-20(15-26-21)10-11-22(30)27-32-23-9-5-6-14-31-23/h2-4,7-8,10-11,15-16,23H,5-6,9,12-14,17H2,1H3,(H,24,26)(H,27,30)/b11-10+. The van der Waals surface area contributed by atoms with E-state index in [-0.39, 0.29) is 5.91 Å². The molecule has 1 aliphatic rings. The number of hydrogen-bond acceptors (Lipinski definition) is 7. The van der Waals surface area contributed by atoms with E-state index in [9.17, 15) is 9.59 Å². The maximum atomic E-state index is 11.9. The van der Waals surface area contributed by atoms with Crippen LogP contribution in [0, 0.1) is 0 Å². The number of carbonyl (C=O) groups excluding carboxylic acids is 2. The van der Waals surface area contributed by atoms with Crippen LogP contribution in [0.25, 0.3) is 6.08 Å². The SMILES string of the molecule is CC(=O)N(CCNc1cnc(/C=C/C(=O)NOC2CCCCO2)cn1)Cc1ccccc1. The summed E-state index contributed by atoms with van der Waals surface area (Å²) in [7, 11) is 0. The summed E-state index contributed by atoms with van der Waals surface area (Å²) in [6.45, 7) is 3.85. The smallest absolute Gasteiger partial charge is 0.267 e. The van der Waals surface area contributed by atoms with E-state index in [1.54, 1.807) is 30.3 Å². The van der Waals surface area contributed by atoms with Gasteiger partial charge in [-0.05, 0) is 24.5 Å². The Balaban J connectivity index is 1.40. The normalized spacial score (nSPS) is 16.0. The molecule has 32 heavy (non-hydrogen) atoms. The molecule has 1 fully saturated rings. The van der Waals surface area contributed by atoms with E-state index < -0.39 is 12.2 Å². The van der Waals surface area contributed by atoms with Crippen molar-refractivity contribution in [2.75, 3.05) is 25.0 Å². The Hall–Kier alpha value is -3.30. The predicted molar refractivity (Wildman–Crippen MR) is 120 cm³/mol. The van der Waals surface area contributed by atoms with Gasteiger partial charge in [-0.1, -0.05) is 30.3 Å². The summed E-state index contributed by atoms with van der Waals surface area (Å²) in [6, 6.07) is 9.86. The number of nitrogens with one attached hydrogen (secondary N) is 2. The Morgan fingerprint density at radius 2 is 2.06 bits per heavy atom. The zero-order valence-electron chi connectivity index (χ0n) is 18.2. The van der Waals surface area contributed by atoms with Crippen LogP contribution in [0.5, 0.6) is 0 Å². The van der Waals surface area contributed by atoms with Crippen LogP contribution >= 0.6 is 0 Å². The third kappa shape index (κ3) is 8.09. The molecule has 2 heterocycles. The minimum atomic E-state index is -0.397. The summed E-state index contributed by atoms with van der Waals surface area (Å²) in [5.41, 5.74) is 3.97. The monoisotopic (exact) mass is 439 g/mol. The molecule has 2 N–H and O–H groups in total. The number of carbonyl (C=O) groups is 2. The molecule has 1 saturated heterocycles. The molecule has 2 aromatic rings. The molecule has 9 heteroatoms. The molecule has 0 saturated carbocycles. The highest BCUT2D eigenvalue weighted by Gasteiger charge is 2.15. The number of aromatic nitrogens is 2. The highest BCUT2D eigenvalue weighted by molar-refractivity contribution is 5.90. The van der Waals surface area contributed by atoms with Gasteiger partial charge in [0.15, 0.2) is 6.29 Å². The molecule has 170 valence electrons. The van der Waals surface area contributed by atoms with Crippen molar-refractivity contribution in [3.05, 3.63) is 60.1 Å². The van der Waals surface area contributed by atoms with Gasteiger partial charge in [-0.15, -0.1) is 0 Å². The summed E-state index contributed by atoms with van der Waals surface area (Å²) in [4.78, 5) is 39.3. The first-order valence-electron chi connectivity index (χ1n) is 10.7. The first-order valence-corrected chi connectivity index (χ1v) is 10.7. The number of amides is 2. The minimum absolute atomic E-state index is 0.0135. The predicted octanol–water partition coefficient (Wildman–Crippen LogP) is 2.52. The van der Waals surface area contributed by atoms with Gasteiger partial charge in [0.25, 0.3) is 5.91 Å². The Morgan fingerprint density at radius 3 is 2.75 bits per heavy atom. The lowest BCUT2D eigenvalue weighted by Gasteiger charge is -2.21. The topological polar surface area (TPSA) is 106 Å². The molecule has 0 bridgehead atoms. The molecule has 9 nitrogen and oxygen atoms in total. The van der Waals surface area contributed by atoms with Crippen LogP contribution < -0.4 is 10.8 Å². The molecule has 0 spiro atoms. The van der Waals surface area contributed by atoms with Gasteiger partial charge in [0.05, 0.1) is 18.1 Å². The first kappa shape index (κ1) is 23.4. The second-order valence-electron chi connectivity index (χ2n) is 7.39. The first-order chi connectivity index (χ1) is 15.6. The average Bonchev–Trinajstić information content (AvgIpc) is 2.83. The second kappa shape index (κ2) is 12.5. The quantitative estimate of drug-likeness (QED) is 0.433. The van der Waals surface area contributed by atoms with Gasteiger partial charge in [0, 0.05) is 45.7 Å². The fraction of sp³-hybridized carbons (Fsp3) is 0.391. The van der Waals surface area contributed by atoms with Crippen LogP contribution in [-0.4, -0.2) is 52.7 Å². The number of benzene rings is 1. The van der Waals surface area contributed by atoms with Crippen LogP contribution in [-0.2, 0) is 25.7 Å². The molecule has 1 unspecified atom stereocenters. The molecule has 0 radical (unpaired) electrons. The average molecular weight is 440 g/mol. The van der Waals surface area contributed by atoms with E-state index in [0.717, 1.165) is 24.8 Å². The van der Waals surface area contributed by atoms with Crippen molar-refractivity contribution >= 4 is 23.7 Å². The van der Waals surface area contributed by atoms with Crippen LogP contribution in [0.2, 0.25) is 0 Å². The van der Waals surface area contributed by atoms with Crippen molar-refractivity contribution in [3.8, 4) is 0 Å². The van der Waals surface area contributed by atoms with Gasteiger partial charge in [0.2, 0.25) is 5.91 Å². The van der Waals surface area contributed by atoms with Gasteiger partial charge in [-0.3, -0.25) is 14.6 Å². The van der Waals surface area contributed by atoms with Gasteiger partial charge >= 0.3 is 0 Å². The molecule has 0 aliphatic carbocycles. The summed E-state index contributed by atoms with van der Waals surface area (Å²) < 4.78 is 5.38. The number of hydroxylamine groups is 1. The van der Waals surface area contributed by atoms with Crippen molar-refractivity contribution in [2.24, 2.45) is 0 Å². The number of nitrogens with zero attached hydrogens (tertiary/aromatic N) is 3. The summed E-state index contributed by atoms with van der Waals surface area (Å²) >= 11 is 0. The third-order valence-corrected chi connectivity index (χ3v) is 4.86. The largest absolute Gasteiger partial charge is 0.367 e. The second-order valence-corrected chi connectivity index (χ2v) is 7.39. The highest BCUT2D eigenvalue weighted by Crippen LogP contribution is 2.12. The van der Waals surface area contributed by atoms with Crippen molar-refractivity contribution in [1.29, 1.82) is 0 Å². The lowest BCUT2D eigenvalue weighted by Crippen LogP contribution is -2.32. The van der Waals surface area contributed by atoms with E-state index in [1.165, 1.54) is 6.08 Å². The van der Waals surface area contributed by atoms with Gasteiger partial charge in [-0.25, -0.2) is 15.3 Å². The Kier molecular flexibility index (Phi) is 9.15. The summed E-state index contributed by atoms with van der Waals surface area (Å²) in [6.07, 6.45) is 8.43. The summed E-state index contributed by atoms with van der Waals surface area (Å²) in [5.74, 6) is 0.207. The minimum Gasteiger partial charge on any atom is -0.367 e. The maximum absolute atomic E-state index is 11.9. The zero-order chi connectivity index (χ0) is 22.6. The number of anilines is 1. The molecule has 1 atom stereocenters. The molecular formula is C23H29N5O4. The van der Waals surface area contributed by atoms with Crippen LogP contribution in [0.15, 0.2) is 48.8 Å². The summed E-state index contributed by atoms with van der Waals surface area (Å²) in [5, 5.41) is 3.16.